The van der Waals surface area contributed by atoms with E-state index >= 15 is 0 Å². The standard InChI is InChI=1S/C21H20O7/c1-13-17(27-19(23)15-9-5-3-6-10-15)18(21(25-13)26-14(2)22)28-20(24)16-11-7-4-8-12-16/h3-13,17-18,21H,1-2H3/t13-,17-,18-,21-/m1/s1. The minimum absolute atomic E-state index is 0.316. The molecule has 7 nitrogen and oxygen atoms in total. The summed E-state index contributed by atoms with van der Waals surface area (Å²) in [7, 11) is 0. The Balaban J connectivity index is 1.80. The van der Waals surface area contributed by atoms with Gasteiger partial charge in [0.2, 0.25) is 12.4 Å². The van der Waals surface area contributed by atoms with Crippen molar-refractivity contribution in [3.05, 3.63) is 71.8 Å². The molecule has 1 saturated heterocycles. The van der Waals surface area contributed by atoms with E-state index in [1.54, 1.807) is 67.6 Å². The van der Waals surface area contributed by atoms with Crippen LogP contribution in [0.3, 0.4) is 0 Å². The van der Waals surface area contributed by atoms with Crippen molar-refractivity contribution in [3.8, 4) is 0 Å². The van der Waals surface area contributed by atoms with E-state index in [9.17, 15) is 14.4 Å². The van der Waals surface area contributed by atoms with Gasteiger partial charge in [0, 0.05) is 6.92 Å². The molecular formula is C21H20O7. The Bertz CT molecular complexity index is 834. The number of hydrogen-bond acceptors (Lipinski definition) is 7. The third kappa shape index (κ3) is 4.55. The van der Waals surface area contributed by atoms with Crippen LogP contribution in [0.5, 0.6) is 0 Å². The van der Waals surface area contributed by atoms with E-state index in [-0.39, 0.29) is 0 Å². The summed E-state index contributed by atoms with van der Waals surface area (Å²) in [4.78, 5) is 36.3. The summed E-state index contributed by atoms with van der Waals surface area (Å²) in [5, 5.41) is 0. The molecule has 0 aliphatic carbocycles. The topological polar surface area (TPSA) is 88.1 Å². The predicted molar refractivity (Wildman–Crippen MR) is 97.4 cm³/mol. The summed E-state index contributed by atoms with van der Waals surface area (Å²) in [5.41, 5.74) is 0.663. The average molecular weight is 384 g/mol. The van der Waals surface area contributed by atoms with Gasteiger partial charge in [-0.2, -0.15) is 0 Å². The fraction of sp³-hybridized carbons (Fsp3) is 0.286. The number of esters is 3. The summed E-state index contributed by atoms with van der Waals surface area (Å²) < 4.78 is 21.7. The molecule has 2 aromatic rings. The highest BCUT2D eigenvalue weighted by atomic mass is 16.7. The van der Waals surface area contributed by atoms with Gasteiger partial charge in [-0.15, -0.1) is 0 Å². The maximum atomic E-state index is 12.5. The molecular weight excluding hydrogens is 364 g/mol. The maximum Gasteiger partial charge on any atom is 0.338 e. The van der Waals surface area contributed by atoms with Crippen molar-refractivity contribution in [2.45, 2.75) is 38.4 Å². The van der Waals surface area contributed by atoms with E-state index in [0.29, 0.717) is 11.1 Å². The molecule has 0 aromatic heterocycles. The third-order valence-corrected chi connectivity index (χ3v) is 4.19. The minimum atomic E-state index is -1.17. The van der Waals surface area contributed by atoms with Crippen LogP contribution in [0.2, 0.25) is 0 Å². The second-order valence-corrected chi connectivity index (χ2v) is 6.29. The zero-order valence-corrected chi connectivity index (χ0v) is 15.4. The summed E-state index contributed by atoms with van der Waals surface area (Å²) in [6.07, 6.45) is -3.86. The van der Waals surface area contributed by atoms with Gasteiger partial charge < -0.3 is 18.9 Å². The largest absolute Gasteiger partial charge is 0.452 e. The van der Waals surface area contributed by atoms with Gasteiger partial charge in [0.1, 0.15) is 6.10 Å². The summed E-state index contributed by atoms with van der Waals surface area (Å²) in [5.74, 6) is -1.83. The summed E-state index contributed by atoms with van der Waals surface area (Å²) in [6.45, 7) is 2.86. The molecule has 1 aliphatic rings. The molecule has 1 aliphatic heterocycles. The predicted octanol–water partition coefficient (Wildman–Crippen LogP) is 2.75. The lowest BCUT2D eigenvalue weighted by Gasteiger charge is -2.23. The molecule has 0 bridgehead atoms. The summed E-state index contributed by atoms with van der Waals surface area (Å²) in [6, 6.07) is 16.7. The molecule has 7 heteroatoms. The van der Waals surface area contributed by atoms with Crippen LogP contribution in [-0.2, 0) is 23.7 Å². The van der Waals surface area contributed by atoms with Crippen LogP contribution < -0.4 is 0 Å². The SMILES string of the molecule is CC(=O)O[C@H]1O[C@H](C)[C@@H](OC(=O)c2ccccc2)[C@H]1OC(=O)c1ccccc1. The first kappa shape index (κ1) is 19.6. The Kier molecular flexibility index (Phi) is 6.06. The second kappa shape index (κ2) is 8.67. The van der Waals surface area contributed by atoms with E-state index in [1.165, 1.54) is 6.92 Å². The molecule has 28 heavy (non-hydrogen) atoms. The van der Waals surface area contributed by atoms with Crippen molar-refractivity contribution in [3.63, 3.8) is 0 Å². The summed E-state index contributed by atoms with van der Waals surface area (Å²) >= 11 is 0. The van der Waals surface area contributed by atoms with Gasteiger partial charge in [-0.3, -0.25) is 4.79 Å². The van der Waals surface area contributed by atoms with E-state index in [4.69, 9.17) is 18.9 Å². The lowest BCUT2D eigenvalue weighted by atomic mass is 10.1. The van der Waals surface area contributed by atoms with E-state index in [1.807, 2.05) is 0 Å². The lowest BCUT2D eigenvalue weighted by molar-refractivity contribution is -0.185. The number of carbonyl (C=O) groups is 3. The molecule has 146 valence electrons. The highest BCUT2D eigenvalue weighted by Gasteiger charge is 2.49. The monoisotopic (exact) mass is 384 g/mol. The van der Waals surface area contributed by atoms with Crippen LogP contribution in [0.1, 0.15) is 34.6 Å². The molecule has 0 N–H and O–H groups in total. The first-order chi connectivity index (χ1) is 13.5. The van der Waals surface area contributed by atoms with Crippen LogP contribution >= 0.6 is 0 Å². The number of carbonyl (C=O) groups excluding carboxylic acids is 3. The minimum Gasteiger partial charge on any atom is -0.452 e. The van der Waals surface area contributed by atoms with Gasteiger partial charge >= 0.3 is 17.9 Å². The van der Waals surface area contributed by atoms with Crippen molar-refractivity contribution in [1.29, 1.82) is 0 Å². The molecule has 0 unspecified atom stereocenters. The quantitative estimate of drug-likeness (QED) is 0.578. The molecule has 1 heterocycles. The van der Waals surface area contributed by atoms with Gasteiger partial charge in [0.25, 0.3) is 0 Å². The van der Waals surface area contributed by atoms with Gasteiger partial charge in [-0.1, -0.05) is 36.4 Å². The molecule has 3 rings (SSSR count). The average Bonchev–Trinajstić information content (AvgIpc) is 2.97. The normalized spacial score (nSPS) is 23.6. The maximum absolute atomic E-state index is 12.5. The molecule has 2 aromatic carbocycles. The number of ether oxygens (including phenoxy) is 4. The zero-order valence-electron chi connectivity index (χ0n) is 15.4. The second-order valence-electron chi connectivity index (χ2n) is 6.29. The molecule has 0 spiro atoms. The molecule has 4 atom stereocenters. The van der Waals surface area contributed by atoms with Crippen molar-refractivity contribution in [2.75, 3.05) is 0 Å². The van der Waals surface area contributed by atoms with E-state index in [2.05, 4.69) is 0 Å². The van der Waals surface area contributed by atoms with Crippen LogP contribution in [-0.4, -0.2) is 42.5 Å². The smallest absolute Gasteiger partial charge is 0.338 e. The Morgan fingerprint density at radius 1 is 0.750 bits per heavy atom. The Morgan fingerprint density at radius 2 is 1.21 bits per heavy atom. The van der Waals surface area contributed by atoms with Gasteiger partial charge in [-0.25, -0.2) is 9.59 Å². The Morgan fingerprint density at radius 3 is 1.68 bits per heavy atom. The van der Waals surface area contributed by atoms with Crippen LogP contribution in [0.15, 0.2) is 60.7 Å². The van der Waals surface area contributed by atoms with Crippen LogP contribution in [0.4, 0.5) is 0 Å². The van der Waals surface area contributed by atoms with E-state index < -0.39 is 42.5 Å². The van der Waals surface area contributed by atoms with Gasteiger partial charge in [0.15, 0.2) is 6.10 Å². The molecule has 0 amide bonds. The van der Waals surface area contributed by atoms with Crippen molar-refractivity contribution < 1.29 is 33.3 Å². The first-order valence-corrected chi connectivity index (χ1v) is 8.80. The van der Waals surface area contributed by atoms with Gasteiger partial charge in [0.05, 0.1) is 11.1 Å². The fourth-order valence-corrected chi connectivity index (χ4v) is 2.86. The first-order valence-electron chi connectivity index (χ1n) is 8.80. The molecule has 0 radical (unpaired) electrons. The molecule has 1 fully saturated rings. The van der Waals surface area contributed by atoms with Crippen molar-refractivity contribution in [1.82, 2.24) is 0 Å². The number of benzene rings is 2. The van der Waals surface area contributed by atoms with Crippen LogP contribution in [0, 0.1) is 0 Å². The number of hydrogen-bond donors (Lipinski definition) is 0. The highest BCUT2D eigenvalue weighted by molar-refractivity contribution is 5.90. The van der Waals surface area contributed by atoms with Crippen molar-refractivity contribution in [2.24, 2.45) is 0 Å². The highest BCUT2D eigenvalue weighted by Crippen LogP contribution is 2.29. The fourth-order valence-electron chi connectivity index (χ4n) is 2.86. The third-order valence-electron chi connectivity index (χ3n) is 4.19. The Hall–Kier alpha value is -3.19. The lowest BCUT2D eigenvalue weighted by Crippen LogP contribution is -2.41. The number of rotatable bonds is 5. The zero-order chi connectivity index (χ0) is 20.1. The van der Waals surface area contributed by atoms with Crippen molar-refractivity contribution >= 4 is 17.9 Å². The molecule has 0 saturated carbocycles. The van der Waals surface area contributed by atoms with Crippen LogP contribution in [0.25, 0.3) is 0 Å². The van der Waals surface area contributed by atoms with E-state index in [0.717, 1.165) is 0 Å². The Labute approximate surface area is 162 Å². The van der Waals surface area contributed by atoms with Gasteiger partial charge in [-0.05, 0) is 31.2 Å².